The van der Waals surface area contributed by atoms with Gasteiger partial charge in [-0.1, -0.05) is 17.7 Å². The lowest BCUT2D eigenvalue weighted by Gasteiger charge is -2.18. The first kappa shape index (κ1) is 18.7. The van der Waals surface area contributed by atoms with Gasteiger partial charge in [0.25, 0.3) is 5.91 Å². The summed E-state index contributed by atoms with van der Waals surface area (Å²) in [5, 5.41) is 4.89. The van der Waals surface area contributed by atoms with Crippen molar-refractivity contribution in [3.8, 4) is 11.1 Å². The molecule has 0 aliphatic carbocycles. The molecule has 5 rings (SSSR count). The fraction of sp³-hybridized carbons (Fsp3) is 0.136. The van der Waals surface area contributed by atoms with Crippen LogP contribution in [-0.2, 0) is 20.1 Å². The Morgan fingerprint density at radius 2 is 1.97 bits per heavy atom. The highest BCUT2D eigenvalue weighted by molar-refractivity contribution is 6.31. The van der Waals surface area contributed by atoms with Crippen LogP contribution in [0.15, 0.2) is 48.8 Å². The van der Waals surface area contributed by atoms with Crippen LogP contribution in [0.4, 0.5) is 8.78 Å². The van der Waals surface area contributed by atoms with Crippen LogP contribution < -0.4 is 0 Å². The van der Waals surface area contributed by atoms with Crippen molar-refractivity contribution in [1.29, 1.82) is 0 Å². The maximum atomic E-state index is 15.1. The minimum absolute atomic E-state index is 0.0336. The van der Waals surface area contributed by atoms with Gasteiger partial charge in [0.2, 0.25) is 0 Å². The highest BCUT2D eigenvalue weighted by Crippen LogP contribution is 2.34. The van der Waals surface area contributed by atoms with Crippen LogP contribution in [0.1, 0.15) is 21.6 Å². The normalized spacial score (nSPS) is 13.3. The first-order valence-electron chi connectivity index (χ1n) is 9.25. The van der Waals surface area contributed by atoms with E-state index in [9.17, 15) is 9.18 Å². The summed E-state index contributed by atoms with van der Waals surface area (Å²) in [7, 11) is 1.69. The molecule has 4 aromatic rings. The minimum atomic E-state index is -0.532. The number of halogens is 3. The van der Waals surface area contributed by atoms with Gasteiger partial charge < -0.3 is 4.90 Å². The molecule has 150 valence electrons. The number of hydrogen-bond acceptors (Lipinski definition) is 3. The first-order valence-corrected chi connectivity index (χ1v) is 9.63. The van der Waals surface area contributed by atoms with Gasteiger partial charge >= 0.3 is 0 Å². The predicted octanol–water partition coefficient (Wildman–Crippen LogP) is 4.72. The van der Waals surface area contributed by atoms with Gasteiger partial charge in [0.1, 0.15) is 11.3 Å². The molecule has 1 amide bonds. The lowest BCUT2D eigenvalue weighted by atomic mass is 10.00. The average Bonchev–Trinajstić information content (AvgIpc) is 3.26. The van der Waals surface area contributed by atoms with Crippen LogP contribution in [-0.4, -0.2) is 25.6 Å². The van der Waals surface area contributed by atoms with Crippen LogP contribution in [0.5, 0.6) is 0 Å². The fourth-order valence-corrected chi connectivity index (χ4v) is 4.12. The summed E-state index contributed by atoms with van der Waals surface area (Å²) in [4.78, 5) is 18.3. The van der Waals surface area contributed by atoms with Crippen molar-refractivity contribution < 1.29 is 13.6 Å². The smallest absolute Gasteiger partial charge is 0.256 e. The lowest BCUT2D eigenvalue weighted by molar-refractivity contribution is 0.0765. The second-order valence-corrected chi connectivity index (χ2v) is 7.64. The van der Waals surface area contributed by atoms with Crippen LogP contribution >= 0.6 is 11.6 Å². The van der Waals surface area contributed by atoms with Crippen molar-refractivity contribution in [3.05, 3.63) is 82.3 Å². The van der Waals surface area contributed by atoms with Gasteiger partial charge in [0, 0.05) is 35.4 Å². The molecule has 5 nitrogen and oxygen atoms in total. The molecule has 30 heavy (non-hydrogen) atoms. The van der Waals surface area contributed by atoms with Gasteiger partial charge in [-0.3, -0.25) is 14.5 Å². The van der Waals surface area contributed by atoms with Gasteiger partial charge in [-0.2, -0.15) is 5.10 Å². The van der Waals surface area contributed by atoms with Gasteiger partial charge in [-0.25, -0.2) is 8.78 Å². The maximum Gasteiger partial charge on any atom is 0.256 e. The van der Waals surface area contributed by atoms with Gasteiger partial charge in [0.05, 0.1) is 24.3 Å². The number of carbonyl (C=O) groups is 1. The fourth-order valence-electron chi connectivity index (χ4n) is 3.85. The number of aromatic nitrogens is 3. The van der Waals surface area contributed by atoms with E-state index < -0.39 is 11.6 Å². The number of carbonyl (C=O) groups excluding carboxylic acids is 1. The Bertz CT molecular complexity index is 1310. The van der Waals surface area contributed by atoms with Crippen LogP contribution in [0.3, 0.4) is 0 Å². The predicted molar refractivity (Wildman–Crippen MR) is 109 cm³/mol. The summed E-state index contributed by atoms with van der Waals surface area (Å²) in [5.74, 6) is -1.18. The van der Waals surface area contributed by atoms with E-state index in [1.165, 1.54) is 21.7 Å². The second kappa shape index (κ2) is 6.88. The Hall–Kier alpha value is -3.32. The number of aryl methyl sites for hydroxylation is 1. The molecule has 0 saturated heterocycles. The zero-order chi connectivity index (χ0) is 21.0. The SMILES string of the molecule is Cn1cc2c(-c3cc(F)c(CN4Cc5ncccc5C4=O)c(Cl)c3)ccc(F)c2n1. The first-order chi connectivity index (χ1) is 14.4. The van der Waals surface area contributed by atoms with Crippen molar-refractivity contribution in [2.24, 2.45) is 7.05 Å². The molecular weight excluding hydrogens is 410 g/mol. The quantitative estimate of drug-likeness (QED) is 0.478. The molecule has 8 heteroatoms. The van der Waals surface area contributed by atoms with E-state index in [0.717, 1.165) is 0 Å². The van der Waals surface area contributed by atoms with Crippen molar-refractivity contribution in [1.82, 2.24) is 19.7 Å². The summed E-state index contributed by atoms with van der Waals surface area (Å²) in [5.41, 5.74) is 2.77. The second-order valence-electron chi connectivity index (χ2n) is 7.24. The number of rotatable bonds is 3. The maximum absolute atomic E-state index is 15.1. The van der Waals surface area contributed by atoms with Crippen molar-refractivity contribution in [2.45, 2.75) is 13.1 Å². The Morgan fingerprint density at radius 1 is 1.13 bits per heavy atom. The molecule has 0 saturated carbocycles. The molecule has 2 aromatic carbocycles. The van der Waals surface area contributed by atoms with Gasteiger partial charge in [0.15, 0.2) is 5.82 Å². The minimum Gasteiger partial charge on any atom is -0.328 e. The molecule has 1 aliphatic rings. The topological polar surface area (TPSA) is 51.0 Å². The molecule has 0 radical (unpaired) electrons. The Morgan fingerprint density at radius 3 is 2.73 bits per heavy atom. The van der Waals surface area contributed by atoms with Crippen molar-refractivity contribution in [3.63, 3.8) is 0 Å². The summed E-state index contributed by atoms with van der Waals surface area (Å²) >= 11 is 6.42. The van der Waals surface area contributed by atoms with E-state index in [1.54, 1.807) is 43.7 Å². The van der Waals surface area contributed by atoms with E-state index in [-0.39, 0.29) is 28.6 Å². The molecule has 0 fully saturated rings. The average molecular weight is 425 g/mol. The third-order valence-electron chi connectivity index (χ3n) is 5.29. The van der Waals surface area contributed by atoms with Crippen molar-refractivity contribution >= 4 is 28.4 Å². The third-order valence-corrected chi connectivity index (χ3v) is 5.63. The summed E-state index contributed by atoms with van der Waals surface area (Å²) in [6.45, 7) is 0.340. The number of fused-ring (bicyclic) bond motifs is 2. The summed E-state index contributed by atoms with van der Waals surface area (Å²) in [6.07, 6.45) is 3.31. The van der Waals surface area contributed by atoms with Gasteiger partial charge in [-0.15, -0.1) is 0 Å². The molecule has 0 atom stereocenters. The standard InChI is InChI=1S/C22H15ClF2N4O/c1-28-9-15-13(4-5-18(24)21(15)27-28)12-7-17(23)16(19(25)8-12)10-29-11-20-14(22(29)30)3-2-6-26-20/h2-9H,10-11H2,1H3. The molecule has 0 unspecified atom stereocenters. The number of hydrogen-bond donors (Lipinski definition) is 0. The summed E-state index contributed by atoms with van der Waals surface area (Å²) < 4.78 is 30.6. The number of pyridine rings is 1. The summed E-state index contributed by atoms with van der Waals surface area (Å²) in [6, 6.07) is 9.27. The third kappa shape index (κ3) is 2.93. The highest BCUT2D eigenvalue weighted by atomic mass is 35.5. The largest absolute Gasteiger partial charge is 0.328 e. The Kier molecular flexibility index (Phi) is 4.29. The lowest BCUT2D eigenvalue weighted by Crippen LogP contribution is -2.24. The number of amides is 1. The van der Waals surface area contributed by atoms with Gasteiger partial charge in [-0.05, 0) is 41.5 Å². The van der Waals surface area contributed by atoms with Crippen molar-refractivity contribution in [2.75, 3.05) is 0 Å². The molecule has 0 spiro atoms. The van der Waals surface area contributed by atoms with E-state index in [2.05, 4.69) is 10.1 Å². The monoisotopic (exact) mass is 424 g/mol. The number of nitrogens with zero attached hydrogens (tertiary/aromatic N) is 4. The molecule has 1 aliphatic heterocycles. The Balaban J connectivity index is 1.51. The molecular formula is C22H15ClF2N4O. The van der Waals surface area contributed by atoms with E-state index >= 15 is 4.39 Å². The highest BCUT2D eigenvalue weighted by Gasteiger charge is 2.29. The van der Waals surface area contributed by atoms with E-state index in [4.69, 9.17) is 11.6 Å². The molecule has 3 heterocycles. The van der Waals surface area contributed by atoms with E-state index in [0.29, 0.717) is 34.3 Å². The van der Waals surface area contributed by atoms with E-state index in [1.807, 2.05) is 0 Å². The zero-order valence-corrected chi connectivity index (χ0v) is 16.6. The zero-order valence-electron chi connectivity index (χ0n) is 15.9. The van der Waals surface area contributed by atoms with Crippen LogP contribution in [0, 0.1) is 11.6 Å². The molecule has 2 aromatic heterocycles. The Labute approximate surface area is 175 Å². The van der Waals surface area contributed by atoms with Crippen LogP contribution in [0.25, 0.3) is 22.0 Å². The molecule has 0 bridgehead atoms. The number of benzene rings is 2. The molecule has 0 N–H and O–H groups in total. The van der Waals surface area contributed by atoms with Crippen LogP contribution in [0.2, 0.25) is 5.02 Å².